The van der Waals surface area contributed by atoms with E-state index >= 15 is 0 Å². The molecule has 0 saturated carbocycles. The predicted molar refractivity (Wildman–Crippen MR) is 92.4 cm³/mol. The molecule has 2 aromatic carbocycles. The quantitative estimate of drug-likeness (QED) is 0.785. The zero-order valence-corrected chi connectivity index (χ0v) is 13.5. The third-order valence-electron chi connectivity index (χ3n) is 3.30. The molecular weight excluding hydrogens is 302 g/mol. The molecule has 1 heterocycles. The minimum Gasteiger partial charge on any atom is -0.424 e. The molecule has 0 fully saturated rings. The van der Waals surface area contributed by atoms with Crippen LogP contribution in [0.15, 0.2) is 60.7 Å². The maximum atomic E-state index is 12.2. The number of rotatable bonds is 4. The van der Waals surface area contributed by atoms with E-state index in [9.17, 15) is 4.79 Å². The van der Waals surface area contributed by atoms with Crippen LogP contribution < -0.4 is 10.1 Å². The van der Waals surface area contributed by atoms with Crippen LogP contribution in [0.25, 0.3) is 0 Å². The molecule has 0 bridgehead atoms. The van der Waals surface area contributed by atoms with Crippen molar-refractivity contribution in [2.45, 2.75) is 13.8 Å². The molecule has 24 heavy (non-hydrogen) atoms. The number of hydrogen-bond acceptors (Lipinski definition) is 4. The van der Waals surface area contributed by atoms with E-state index in [0.29, 0.717) is 23.0 Å². The number of amides is 1. The Balaban J connectivity index is 1.75. The molecule has 0 saturated heterocycles. The second-order valence-corrected chi connectivity index (χ2v) is 5.38. The number of nitrogens with zero attached hydrogens (tertiary/aromatic N) is 2. The lowest BCUT2D eigenvalue weighted by Gasteiger charge is -2.09. The lowest BCUT2D eigenvalue weighted by Crippen LogP contribution is -2.11. The highest BCUT2D eigenvalue weighted by Crippen LogP contribution is 2.22. The molecule has 120 valence electrons. The molecule has 0 radical (unpaired) electrons. The first kappa shape index (κ1) is 15.7. The van der Waals surface area contributed by atoms with Crippen LogP contribution in [-0.2, 0) is 0 Å². The molecular formula is C19H17N3O2. The minimum atomic E-state index is -0.171. The number of aryl methyl sites for hydroxylation is 2. The summed E-state index contributed by atoms with van der Waals surface area (Å²) in [5.74, 6) is 0.390. The Labute approximate surface area is 140 Å². The molecule has 0 spiro atoms. The fourth-order valence-electron chi connectivity index (χ4n) is 2.27. The zero-order chi connectivity index (χ0) is 16.9. The average molecular weight is 319 g/mol. The largest absolute Gasteiger partial charge is 0.424 e. The van der Waals surface area contributed by atoms with Gasteiger partial charge >= 0.3 is 6.01 Å². The molecule has 1 aromatic heterocycles. The molecule has 3 rings (SSSR count). The molecule has 0 unspecified atom stereocenters. The Hall–Kier alpha value is -3.21. The van der Waals surface area contributed by atoms with Crippen LogP contribution in [0.5, 0.6) is 11.8 Å². The number of carbonyl (C=O) groups excluding carboxylic acids is 1. The van der Waals surface area contributed by atoms with E-state index in [0.717, 1.165) is 11.4 Å². The summed E-state index contributed by atoms with van der Waals surface area (Å²) in [7, 11) is 0. The van der Waals surface area contributed by atoms with Crippen molar-refractivity contribution in [2.24, 2.45) is 0 Å². The van der Waals surface area contributed by atoms with Gasteiger partial charge in [0.1, 0.15) is 5.75 Å². The molecule has 5 heteroatoms. The van der Waals surface area contributed by atoms with Crippen LogP contribution in [0.1, 0.15) is 21.7 Å². The van der Waals surface area contributed by atoms with E-state index in [1.165, 1.54) is 0 Å². The fourth-order valence-corrected chi connectivity index (χ4v) is 2.27. The molecule has 0 aliphatic rings. The van der Waals surface area contributed by atoms with Crippen molar-refractivity contribution in [2.75, 3.05) is 5.32 Å². The maximum absolute atomic E-state index is 12.2. The van der Waals surface area contributed by atoms with Gasteiger partial charge in [0.25, 0.3) is 5.91 Å². The monoisotopic (exact) mass is 319 g/mol. The highest BCUT2D eigenvalue weighted by atomic mass is 16.5. The Morgan fingerprint density at radius 3 is 2.33 bits per heavy atom. The summed E-state index contributed by atoms with van der Waals surface area (Å²) in [6.45, 7) is 3.77. The van der Waals surface area contributed by atoms with Gasteiger partial charge in [-0.2, -0.15) is 0 Å². The first-order chi connectivity index (χ1) is 11.6. The van der Waals surface area contributed by atoms with Crippen LogP contribution >= 0.6 is 0 Å². The van der Waals surface area contributed by atoms with Gasteiger partial charge in [-0.3, -0.25) is 4.79 Å². The number of hydrogen-bond donors (Lipinski definition) is 1. The Morgan fingerprint density at radius 2 is 1.62 bits per heavy atom. The van der Waals surface area contributed by atoms with E-state index in [1.54, 1.807) is 36.4 Å². The number of benzene rings is 2. The van der Waals surface area contributed by atoms with Crippen molar-refractivity contribution in [3.05, 3.63) is 77.6 Å². The average Bonchev–Trinajstić information content (AvgIpc) is 2.55. The molecule has 0 aliphatic carbocycles. The van der Waals surface area contributed by atoms with Crippen molar-refractivity contribution >= 4 is 11.6 Å². The number of ether oxygens (including phenoxy) is 1. The first-order valence-corrected chi connectivity index (χ1v) is 7.57. The molecule has 3 aromatic rings. The van der Waals surface area contributed by atoms with Gasteiger partial charge in [0.05, 0.1) is 0 Å². The van der Waals surface area contributed by atoms with Gasteiger partial charge in [-0.25, -0.2) is 9.97 Å². The summed E-state index contributed by atoms with van der Waals surface area (Å²) in [5, 5.41) is 2.85. The van der Waals surface area contributed by atoms with E-state index in [4.69, 9.17) is 4.74 Å². The fraction of sp³-hybridized carbons (Fsp3) is 0.105. The number of anilines is 1. The summed E-state index contributed by atoms with van der Waals surface area (Å²) in [6.07, 6.45) is 0. The van der Waals surface area contributed by atoms with Gasteiger partial charge in [0.15, 0.2) is 0 Å². The van der Waals surface area contributed by atoms with Gasteiger partial charge in [-0.15, -0.1) is 0 Å². The lowest BCUT2D eigenvalue weighted by atomic mass is 10.2. The SMILES string of the molecule is Cc1cc(C)nc(Oc2cccc(NC(=O)c3ccccc3)c2)n1. The molecule has 0 aliphatic heterocycles. The van der Waals surface area contributed by atoms with E-state index in [2.05, 4.69) is 15.3 Å². The van der Waals surface area contributed by atoms with Crippen LogP contribution in [0.4, 0.5) is 5.69 Å². The summed E-state index contributed by atoms with van der Waals surface area (Å²) >= 11 is 0. The second kappa shape index (κ2) is 6.91. The highest BCUT2D eigenvalue weighted by molar-refractivity contribution is 6.04. The standard InChI is InChI=1S/C19H17N3O2/c1-13-11-14(2)21-19(20-13)24-17-10-6-9-16(12-17)22-18(23)15-7-4-3-5-8-15/h3-12H,1-2H3,(H,22,23). The highest BCUT2D eigenvalue weighted by Gasteiger charge is 2.07. The Morgan fingerprint density at radius 1 is 0.917 bits per heavy atom. The van der Waals surface area contributed by atoms with Crippen LogP contribution in [0, 0.1) is 13.8 Å². The normalized spacial score (nSPS) is 10.2. The van der Waals surface area contributed by atoms with Gasteiger partial charge in [-0.1, -0.05) is 24.3 Å². The first-order valence-electron chi connectivity index (χ1n) is 7.57. The second-order valence-electron chi connectivity index (χ2n) is 5.38. The van der Waals surface area contributed by atoms with Gasteiger partial charge in [0.2, 0.25) is 0 Å². The summed E-state index contributed by atoms with van der Waals surface area (Å²) < 4.78 is 5.69. The maximum Gasteiger partial charge on any atom is 0.322 e. The van der Waals surface area contributed by atoms with Crippen molar-refractivity contribution in [1.82, 2.24) is 9.97 Å². The molecule has 1 amide bonds. The van der Waals surface area contributed by atoms with Crippen molar-refractivity contribution in [1.29, 1.82) is 0 Å². The topological polar surface area (TPSA) is 64.1 Å². The molecule has 0 atom stereocenters. The number of carbonyl (C=O) groups is 1. The molecule has 1 N–H and O–H groups in total. The summed E-state index contributed by atoms with van der Waals surface area (Å²) in [4.78, 5) is 20.7. The van der Waals surface area contributed by atoms with Crippen molar-refractivity contribution in [3.8, 4) is 11.8 Å². The summed E-state index contributed by atoms with van der Waals surface area (Å²) in [6, 6.07) is 18.4. The number of nitrogens with one attached hydrogen (secondary N) is 1. The summed E-state index contributed by atoms with van der Waals surface area (Å²) in [5.41, 5.74) is 2.92. The Bertz CT molecular complexity index is 843. The van der Waals surface area contributed by atoms with Crippen molar-refractivity contribution in [3.63, 3.8) is 0 Å². The van der Waals surface area contributed by atoms with Crippen LogP contribution in [0.3, 0.4) is 0 Å². The third kappa shape index (κ3) is 3.95. The smallest absolute Gasteiger partial charge is 0.322 e. The van der Waals surface area contributed by atoms with Gasteiger partial charge in [0, 0.05) is 28.7 Å². The van der Waals surface area contributed by atoms with Crippen LogP contribution in [-0.4, -0.2) is 15.9 Å². The molecule has 5 nitrogen and oxygen atoms in total. The number of aromatic nitrogens is 2. The van der Waals surface area contributed by atoms with Gasteiger partial charge < -0.3 is 10.1 Å². The van der Waals surface area contributed by atoms with E-state index < -0.39 is 0 Å². The lowest BCUT2D eigenvalue weighted by molar-refractivity contribution is 0.102. The third-order valence-corrected chi connectivity index (χ3v) is 3.30. The Kier molecular flexibility index (Phi) is 4.52. The van der Waals surface area contributed by atoms with E-state index in [-0.39, 0.29) is 5.91 Å². The minimum absolute atomic E-state index is 0.171. The van der Waals surface area contributed by atoms with Crippen molar-refractivity contribution < 1.29 is 9.53 Å². The predicted octanol–water partition coefficient (Wildman–Crippen LogP) is 4.14. The van der Waals surface area contributed by atoms with E-state index in [1.807, 2.05) is 38.1 Å². The van der Waals surface area contributed by atoms with Gasteiger partial charge in [-0.05, 0) is 44.2 Å². The van der Waals surface area contributed by atoms with Crippen LogP contribution in [0.2, 0.25) is 0 Å². The zero-order valence-electron chi connectivity index (χ0n) is 13.5.